The zero-order valence-electron chi connectivity index (χ0n) is 17.5. The lowest BCUT2D eigenvalue weighted by atomic mass is 10.1. The third-order valence-electron chi connectivity index (χ3n) is 6.06. The fourth-order valence-electron chi connectivity index (χ4n) is 4.59. The van der Waals surface area contributed by atoms with E-state index in [1.165, 1.54) is 0 Å². The van der Waals surface area contributed by atoms with Gasteiger partial charge in [0.05, 0.1) is 23.3 Å². The van der Waals surface area contributed by atoms with E-state index in [9.17, 15) is 4.79 Å². The number of piperidine rings is 1. The fourth-order valence-corrected chi connectivity index (χ4v) is 4.59. The predicted molar refractivity (Wildman–Crippen MR) is 119 cm³/mol. The molecule has 1 aliphatic rings. The van der Waals surface area contributed by atoms with Gasteiger partial charge >= 0.3 is 0 Å². The summed E-state index contributed by atoms with van der Waals surface area (Å²) in [6.45, 7) is 4.86. The van der Waals surface area contributed by atoms with Gasteiger partial charge in [-0.05, 0) is 31.9 Å². The SMILES string of the molecule is CCn1c(N2CCCC(N)C2)nc2ccn(Cc3nn(C)c4ccccc34)c(=O)c21. The first kappa shape index (κ1) is 18.9. The first-order valence-corrected chi connectivity index (χ1v) is 10.6. The number of imidazole rings is 1. The smallest absolute Gasteiger partial charge is 0.277 e. The van der Waals surface area contributed by atoms with Gasteiger partial charge in [0.1, 0.15) is 5.52 Å². The summed E-state index contributed by atoms with van der Waals surface area (Å²) in [6.07, 6.45) is 3.91. The zero-order chi connectivity index (χ0) is 20.8. The average molecular weight is 406 g/mol. The molecular weight excluding hydrogens is 378 g/mol. The van der Waals surface area contributed by atoms with Crippen LogP contribution in [0.15, 0.2) is 41.3 Å². The first-order valence-electron chi connectivity index (χ1n) is 10.6. The van der Waals surface area contributed by atoms with Crippen molar-refractivity contribution in [2.24, 2.45) is 12.8 Å². The van der Waals surface area contributed by atoms with Crippen molar-refractivity contribution >= 4 is 27.9 Å². The number of hydrogen-bond donors (Lipinski definition) is 1. The van der Waals surface area contributed by atoms with Crippen molar-refractivity contribution in [3.63, 3.8) is 0 Å². The van der Waals surface area contributed by atoms with Crippen molar-refractivity contribution in [2.75, 3.05) is 18.0 Å². The Labute approximate surface area is 174 Å². The Morgan fingerprint density at radius 2 is 2.07 bits per heavy atom. The van der Waals surface area contributed by atoms with Crippen LogP contribution in [0.2, 0.25) is 0 Å². The van der Waals surface area contributed by atoms with Gasteiger partial charge in [-0.3, -0.25) is 9.48 Å². The molecule has 8 nitrogen and oxygen atoms in total. The van der Waals surface area contributed by atoms with E-state index in [-0.39, 0.29) is 11.6 Å². The summed E-state index contributed by atoms with van der Waals surface area (Å²) in [7, 11) is 1.93. The molecule has 0 bridgehead atoms. The molecule has 0 saturated carbocycles. The topological polar surface area (TPSA) is 86.9 Å². The second kappa shape index (κ2) is 7.28. The van der Waals surface area contributed by atoms with E-state index in [2.05, 4.69) is 23.0 Å². The third-order valence-corrected chi connectivity index (χ3v) is 6.06. The summed E-state index contributed by atoms with van der Waals surface area (Å²) in [4.78, 5) is 20.5. The van der Waals surface area contributed by atoms with Crippen LogP contribution in [-0.2, 0) is 20.1 Å². The number of hydrogen-bond acceptors (Lipinski definition) is 5. The number of aryl methyl sites for hydroxylation is 2. The van der Waals surface area contributed by atoms with E-state index in [0.717, 1.165) is 54.0 Å². The molecule has 0 radical (unpaired) electrons. The molecular formula is C22H27N7O. The normalized spacial score (nSPS) is 17.3. The zero-order valence-corrected chi connectivity index (χ0v) is 17.5. The van der Waals surface area contributed by atoms with E-state index in [1.54, 1.807) is 4.57 Å². The molecule has 0 amide bonds. The minimum absolute atomic E-state index is 0.0378. The van der Waals surface area contributed by atoms with Crippen molar-refractivity contribution in [1.82, 2.24) is 23.9 Å². The molecule has 4 heterocycles. The van der Waals surface area contributed by atoms with Crippen molar-refractivity contribution in [3.05, 3.63) is 52.6 Å². The maximum atomic E-state index is 13.4. The molecule has 1 unspecified atom stereocenters. The van der Waals surface area contributed by atoms with Gasteiger partial charge in [0.15, 0.2) is 0 Å². The number of benzene rings is 1. The van der Waals surface area contributed by atoms with Crippen molar-refractivity contribution in [3.8, 4) is 0 Å². The molecule has 1 saturated heterocycles. The molecule has 1 atom stereocenters. The minimum Gasteiger partial charge on any atom is -0.341 e. The second-order valence-electron chi connectivity index (χ2n) is 8.07. The van der Waals surface area contributed by atoms with E-state index >= 15 is 0 Å². The Morgan fingerprint density at radius 3 is 2.87 bits per heavy atom. The molecule has 0 aliphatic carbocycles. The van der Waals surface area contributed by atoms with Crippen molar-refractivity contribution in [1.29, 1.82) is 0 Å². The van der Waals surface area contributed by atoms with Crippen LogP contribution >= 0.6 is 0 Å². The molecule has 1 aromatic carbocycles. The first-order chi connectivity index (χ1) is 14.6. The summed E-state index contributed by atoms with van der Waals surface area (Å²) in [6, 6.07) is 10.2. The minimum atomic E-state index is -0.0378. The highest BCUT2D eigenvalue weighted by molar-refractivity contribution is 5.82. The van der Waals surface area contributed by atoms with Gasteiger partial charge in [-0.2, -0.15) is 5.10 Å². The number of fused-ring (bicyclic) bond motifs is 2. The Morgan fingerprint density at radius 1 is 1.23 bits per heavy atom. The molecule has 0 spiro atoms. The van der Waals surface area contributed by atoms with Crippen molar-refractivity contribution < 1.29 is 0 Å². The van der Waals surface area contributed by atoms with Gasteiger partial charge in [0.2, 0.25) is 5.95 Å². The molecule has 30 heavy (non-hydrogen) atoms. The standard InChI is InChI=1S/C22H27N7O/c1-3-29-20-17(24-22(29)28-11-6-7-15(23)13-28)10-12-27(21(20)30)14-18-16-8-4-5-9-19(16)26(2)25-18/h4-5,8-10,12,15H,3,6-7,11,13-14,23H2,1-2H3. The number of pyridine rings is 1. The molecule has 156 valence electrons. The molecule has 2 N–H and O–H groups in total. The summed E-state index contributed by atoms with van der Waals surface area (Å²) in [5.41, 5.74) is 9.47. The Kier molecular flexibility index (Phi) is 4.58. The van der Waals surface area contributed by atoms with E-state index < -0.39 is 0 Å². The van der Waals surface area contributed by atoms with Crippen LogP contribution in [0.25, 0.3) is 21.9 Å². The monoisotopic (exact) mass is 405 g/mol. The Bertz CT molecular complexity index is 1280. The quantitative estimate of drug-likeness (QED) is 0.562. The number of aromatic nitrogens is 5. The highest BCUT2D eigenvalue weighted by atomic mass is 16.1. The molecule has 8 heteroatoms. The van der Waals surface area contributed by atoms with Crippen molar-refractivity contribution in [2.45, 2.75) is 38.9 Å². The predicted octanol–water partition coefficient (Wildman–Crippen LogP) is 2.08. The molecule has 1 aliphatic heterocycles. The summed E-state index contributed by atoms with van der Waals surface area (Å²) < 4.78 is 5.63. The van der Waals surface area contributed by atoms with E-state index in [1.807, 2.05) is 46.8 Å². The van der Waals surface area contributed by atoms with Gasteiger partial charge in [0, 0.05) is 44.3 Å². The van der Waals surface area contributed by atoms with Gasteiger partial charge < -0.3 is 19.8 Å². The lowest BCUT2D eigenvalue weighted by Gasteiger charge is -2.31. The van der Waals surface area contributed by atoms with Crippen LogP contribution in [0.1, 0.15) is 25.5 Å². The number of rotatable bonds is 4. The van der Waals surface area contributed by atoms with Gasteiger partial charge in [0.25, 0.3) is 5.56 Å². The van der Waals surface area contributed by atoms with Crippen LogP contribution < -0.4 is 16.2 Å². The number of nitrogens with zero attached hydrogens (tertiary/aromatic N) is 6. The lowest BCUT2D eigenvalue weighted by molar-refractivity contribution is 0.494. The fraction of sp³-hybridized carbons (Fsp3) is 0.409. The summed E-state index contributed by atoms with van der Waals surface area (Å²) in [5.74, 6) is 0.848. The molecule has 1 fully saturated rings. The van der Waals surface area contributed by atoms with Crippen LogP contribution in [0.5, 0.6) is 0 Å². The van der Waals surface area contributed by atoms with Gasteiger partial charge in [-0.1, -0.05) is 18.2 Å². The molecule has 4 aromatic rings. The maximum Gasteiger partial charge on any atom is 0.277 e. The number of para-hydroxylation sites is 1. The van der Waals surface area contributed by atoms with Gasteiger partial charge in [-0.25, -0.2) is 4.98 Å². The van der Waals surface area contributed by atoms with Crippen LogP contribution in [0, 0.1) is 0 Å². The second-order valence-corrected chi connectivity index (χ2v) is 8.07. The average Bonchev–Trinajstić information content (AvgIpc) is 3.29. The maximum absolute atomic E-state index is 13.4. The third kappa shape index (κ3) is 2.99. The van der Waals surface area contributed by atoms with E-state index in [4.69, 9.17) is 10.7 Å². The van der Waals surface area contributed by atoms with Crippen LogP contribution in [-0.4, -0.2) is 43.0 Å². The van der Waals surface area contributed by atoms with E-state index in [0.29, 0.717) is 18.6 Å². The Hall–Kier alpha value is -3.13. The molecule has 5 rings (SSSR count). The summed E-state index contributed by atoms with van der Waals surface area (Å²) >= 11 is 0. The van der Waals surface area contributed by atoms with Crippen LogP contribution in [0.3, 0.4) is 0 Å². The number of anilines is 1. The highest BCUT2D eigenvalue weighted by Gasteiger charge is 2.23. The highest BCUT2D eigenvalue weighted by Crippen LogP contribution is 2.24. The number of nitrogens with two attached hydrogens (primary N) is 1. The molecule has 3 aromatic heterocycles. The summed E-state index contributed by atoms with van der Waals surface area (Å²) in [5, 5.41) is 5.72. The van der Waals surface area contributed by atoms with Gasteiger partial charge in [-0.15, -0.1) is 0 Å². The Balaban J connectivity index is 1.59. The largest absolute Gasteiger partial charge is 0.341 e. The lowest BCUT2D eigenvalue weighted by Crippen LogP contribution is -2.44. The van der Waals surface area contributed by atoms with Crippen LogP contribution in [0.4, 0.5) is 5.95 Å².